The summed E-state index contributed by atoms with van der Waals surface area (Å²) in [5.74, 6) is -2.00. The summed E-state index contributed by atoms with van der Waals surface area (Å²) in [5, 5.41) is 0. The van der Waals surface area contributed by atoms with Crippen LogP contribution in [0.4, 0.5) is 9.18 Å². The van der Waals surface area contributed by atoms with Crippen LogP contribution in [0.3, 0.4) is 0 Å². The third-order valence-electron chi connectivity index (χ3n) is 5.48. The number of carbonyl (C=O) groups is 3. The first-order valence-electron chi connectivity index (χ1n) is 11.4. The molecule has 1 aliphatic heterocycles. The van der Waals surface area contributed by atoms with Crippen LogP contribution in [0.15, 0.2) is 29.1 Å². The number of methoxy groups -OCH3 is 1. The first-order chi connectivity index (χ1) is 16.9. The number of benzene rings is 1. The maximum absolute atomic E-state index is 13.1. The molecule has 2 aromatic rings. The molecule has 1 aliphatic rings. The van der Waals surface area contributed by atoms with E-state index in [9.17, 15) is 23.6 Å². The van der Waals surface area contributed by atoms with Crippen LogP contribution in [0, 0.1) is 5.82 Å². The molecule has 0 bridgehead atoms. The van der Waals surface area contributed by atoms with Crippen molar-refractivity contribution in [3.05, 3.63) is 57.5 Å². The fraction of sp³-hybridized carbons (Fsp3) is 0.458. The molecule has 1 atom stereocenters. The standard InChI is InChI=1S/C24H30FN5O6/c1-24(2,3)36-23(34)30-12-6-7-16(30)20-26-18(19(35-5)22(33)29(20)4)21(32)28-27-17(31)13-14-8-10-15(25)11-9-14/h8-11,16H,6-7,12-13H2,1-5H3,(H,27,31)(H,28,32)/t16-/m0/s1. The molecule has 0 saturated carbocycles. The summed E-state index contributed by atoms with van der Waals surface area (Å²) in [5.41, 5.74) is 3.35. The van der Waals surface area contributed by atoms with E-state index in [-0.39, 0.29) is 23.7 Å². The zero-order valence-corrected chi connectivity index (χ0v) is 20.9. The van der Waals surface area contributed by atoms with Crippen molar-refractivity contribution < 1.29 is 28.2 Å². The Morgan fingerprint density at radius 3 is 2.44 bits per heavy atom. The number of ether oxygens (including phenoxy) is 2. The van der Waals surface area contributed by atoms with Gasteiger partial charge in [-0.15, -0.1) is 0 Å². The third kappa shape index (κ3) is 6.18. The molecule has 36 heavy (non-hydrogen) atoms. The second kappa shape index (κ2) is 10.8. The van der Waals surface area contributed by atoms with Crippen molar-refractivity contribution in [3.63, 3.8) is 0 Å². The molecule has 2 heterocycles. The average Bonchev–Trinajstić information content (AvgIpc) is 3.29. The Balaban J connectivity index is 1.82. The van der Waals surface area contributed by atoms with Crippen molar-refractivity contribution in [2.45, 2.75) is 51.7 Å². The van der Waals surface area contributed by atoms with E-state index in [1.807, 2.05) is 0 Å². The molecule has 2 N–H and O–H groups in total. The summed E-state index contributed by atoms with van der Waals surface area (Å²) in [7, 11) is 2.70. The van der Waals surface area contributed by atoms with Crippen LogP contribution in [-0.4, -0.2) is 51.6 Å². The molecule has 1 aromatic carbocycles. The summed E-state index contributed by atoms with van der Waals surface area (Å²) in [6.07, 6.45) is 0.516. The molecule has 0 spiro atoms. The molecular weight excluding hydrogens is 473 g/mol. The minimum Gasteiger partial charge on any atom is -0.489 e. The van der Waals surface area contributed by atoms with Gasteiger partial charge >= 0.3 is 6.09 Å². The second-order valence-corrected chi connectivity index (χ2v) is 9.35. The predicted molar refractivity (Wildman–Crippen MR) is 127 cm³/mol. The Labute approximate surface area is 207 Å². The lowest BCUT2D eigenvalue weighted by Gasteiger charge is -2.29. The summed E-state index contributed by atoms with van der Waals surface area (Å²) in [6.45, 7) is 5.67. The number of hydrogen-bond acceptors (Lipinski definition) is 7. The highest BCUT2D eigenvalue weighted by Crippen LogP contribution is 2.32. The van der Waals surface area contributed by atoms with Crippen molar-refractivity contribution in [2.75, 3.05) is 13.7 Å². The van der Waals surface area contributed by atoms with Gasteiger partial charge in [0.15, 0.2) is 5.69 Å². The molecule has 1 saturated heterocycles. The molecular formula is C24H30FN5O6. The van der Waals surface area contributed by atoms with Gasteiger partial charge in [0.25, 0.3) is 11.5 Å². The second-order valence-electron chi connectivity index (χ2n) is 9.35. The van der Waals surface area contributed by atoms with E-state index in [1.165, 1.54) is 47.9 Å². The van der Waals surface area contributed by atoms with E-state index in [2.05, 4.69) is 15.8 Å². The minimum absolute atomic E-state index is 0.111. The first kappa shape index (κ1) is 26.6. The van der Waals surface area contributed by atoms with E-state index in [4.69, 9.17) is 9.47 Å². The number of halogens is 1. The highest BCUT2D eigenvalue weighted by Gasteiger charge is 2.37. The minimum atomic E-state index is -0.875. The lowest BCUT2D eigenvalue weighted by Crippen LogP contribution is -2.44. The Hall–Kier alpha value is -3.96. The molecule has 3 amide bonds. The fourth-order valence-electron chi connectivity index (χ4n) is 3.83. The molecule has 1 aromatic heterocycles. The van der Waals surface area contributed by atoms with Gasteiger partial charge in [-0.2, -0.15) is 0 Å². The number of carbonyl (C=O) groups excluding carboxylic acids is 3. The van der Waals surface area contributed by atoms with E-state index >= 15 is 0 Å². The summed E-state index contributed by atoms with van der Waals surface area (Å²) in [4.78, 5) is 56.7. The van der Waals surface area contributed by atoms with Crippen LogP contribution in [0.1, 0.15) is 61.5 Å². The lowest BCUT2D eigenvalue weighted by atomic mass is 10.1. The number of hydrogen-bond donors (Lipinski definition) is 2. The fourth-order valence-corrected chi connectivity index (χ4v) is 3.83. The maximum atomic E-state index is 13.1. The molecule has 0 radical (unpaired) electrons. The molecule has 3 rings (SSSR count). The topological polar surface area (TPSA) is 132 Å². The van der Waals surface area contributed by atoms with Crippen LogP contribution in [0.2, 0.25) is 0 Å². The van der Waals surface area contributed by atoms with Crippen LogP contribution in [0.25, 0.3) is 0 Å². The molecule has 0 aliphatic carbocycles. The number of hydrazine groups is 1. The van der Waals surface area contributed by atoms with Crippen molar-refractivity contribution in [2.24, 2.45) is 7.05 Å². The van der Waals surface area contributed by atoms with Gasteiger partial charge in [-0.1, -0.05) is 12.1 Å². The van der Waals surface area contributed by atoms with Gasteiger partial charge in [0, 0.05) is 13.6 Å². The summed E-state index contributed by atoms with van der Waals surface area (Å²) in [6, 6.07) is 4.75. The third-order valence-corrected chi connectivity index (χ3v) is 5.48. The maximum Gasteiger partial charge on any atom is 0.410 e. The van der Waals surface area contributed by atoms with Crippen molar-refractivity contribution in [1.29, 1.82) is 0 Å². The number of amides is 3. The molecule has 1 fully saturated rings. The number of likely N-dealkylation sites (tertiary alicyclic amines) is 1. The number of aromatic nitrogens is 2. The van der Waals surface area contributed by atoms with Crippen LogP contribution in [-0.2, 0) is 23.0 Å². The van der Waals surface area contributed by atoms with Gasteiger partial charge in [0.1, 0.15) is 17.2 Å². The van der Waals surface area contributed by atoms with E-state index in [0.29, 0.717) is 24.9 Å². The van der Waals surface area contributed by atoms with Gasteiger partial charge in [-0.25, -0.2) is 14.2 Å². The first-order valence-corrected chi connectivity index (χ1v) is 11.4. The average molecular weight is 504 g/mol. The zero-order chi connectivity index (χ0) is 26.6. The van der Waals surface area contributed by atoms with Gasteiger partial charge in [-0.05, 0) is 51.3 Å². The molecule has 11 nitrogen and oxygen atoms in total. The summed E-state index contributed by atoms with van der Waals surface area (Å²) < 4.78 is 24.9. The SMILES string of the molecule is COc1c(C(=O)NNC(=O)Cc2ccc(F)cc2)nc([C@@H]2CCCN2C(=O)OC(C)(C)C)n(C)c1=O. The Kier molecular flexibility index (Phi) is 7.96. The van der Waals surface area contributed by atoms with E-state index < -0.39 is 40.9 Å². The highest BCUT2D eigenvalue weighted by atomic mass is 19.1. The Morgan fingerprint density at radius 1 is 1.17 bits per heavy atom. The number of nitrogens with zero attached hydrogens (tertiary/aromatic N) is 3. The van der Waals surface area contributed by atoms with E-state index in [0.717, 1.165) is 0 Å². The van der Waals surface area contributed by atoms with Crippen molar-refractivity contribution in [3.8, 4) is 5.75 Å². The van der Waals surface area contributed by atoms with Crippen LogP contribution in [0.5, 0.6) is 5.75 Å². The monoisotopic (exact) mass is 503 g/mol. The van der Waals surface area contributed by atoms with Gasteiger partial charge in [0.05, 0.1) is 19.6 Å². The Bertz CT molecular complexity index is 1210. The van der Waals surface area contributed by atoms with Gasteiger partial charge in [0.2, 0.25) is 11.7 Å². The quantitative estimate of drug-likeness (QED) is 0.597. The molecule has 0 unspecified atom stereocenters. The zero-order valence-electron chi connectivity index (χ0n) is 20.9. The van der Waals surface area contributed by atoms with Crippen LogP contribution >= 0.6 is 0 Å². The van der Waals surface area contributed by atoms with Crippen LogP contribution < -0.4 is 21.1 Å². The van der Waals surface area contributed by atoms with Gasteiger partial charge < -0.3 is 9.47 Å². The highest BCUT2D eigenvalue weighted by molar-refractivity contribution is 5.96. The smallest absolute Gasteiger partial charge is 0.410 e. The normalized spacial score (nSPS) is 15.4. The summed E-state index contributed by atoms with van der Waals surface area (Å²) >= 11 is 0. The Morgan fingerprint density at radius 2 is 1.83 bits per heavy atom. The molecule has 12 heteroatoms. The molecule has 194 valence electrons. The number of rotatable bonds is 5. The van der Waals surface area contributed by atoms with Gasteiger partial charge in [-0.3, -0.25) is 34.7 Å². The number of nitrogens with one attached hydrogen (secondary N) is 2. The lowest BCUT2D eigenvalue weighted by molar-refractivity contribution is -0.121. The van der Waals surface area contributed by atoms with E-state index in [1.54, 1.807) is 20.8 Å². The largest absolute Gasteiger partial charge is 0.489 e. The van der Waals surface area contributed by atoms with Crippen molar-refractivity contribution >= 4 is 17.9 Å². The van der Waals surface area contributed by atoms with Crippen molar-refractivity contribution in [1.82, 2.24) is 25.3 Å². The predicted octanol–water partition coefficient (Wildman–Crippen LogP) is 2.00.